The van der Waals surface area contributed by atoms with E-state index in [2.05, 4.69) is 0 Å². The standard InChI is InChI=1S/C8H16N2OS2/c1-3-9(2)8(11)10-4-6-12-13-7-5-10/h3-7H2,1-2H3. The molecule has 1 fully saturated rings. The zero-order chi connectivity index (χ0) is 9.68. The molecule has 0 atom stereocenters. The minimum Gasteiger partial charge on any atom is -0.328 e. The lowest BCUT2D eigenvalue weighted by molar-refractivity contribution is 0.171. The first-order valence-electron chi connectivity index (χ1n) is 4.50. The quantitative estimate of drug-likeness (QED) is 0.629. The predicted octanol–water partition coefficient (Wildman–Crippen LogP) is 1.76. The first-order chi connectivity index (χ1) is 6.25. The molecule has 0 aromatic carbocycles. The minimum absolute atomic E-state index is 0.172. The summed E-state index contributed by atoms with van der Waals surface area (Å²) in [6.45, 7) is 4.57. The van der Waals surface area contributed by atoms with Crippen LogP contribution in [0.4, 0.5) is 4.79 Å². The molecule has 2 amide bonds. The summed E-state index contributed by atoms with van der Waals surface area (Å²) in [5, 5.41) is 0. The highest BCUT2D eigenvalue weighted by Crippen LogP contribution is 2.24. The van der Waals surface area contributed by atoms with Crippen molar-refractivity contribution in [2.24, 2.45) is 0 Å². The van der Waals surface area contributed by atoms with E-state index in [4.69, 9.17) is 0 Å². The van der Waals surface area contributed by atoms with Crippen LogP contribution in [0.1, 0.15) is 6.92 Å². The summed E-state index contributed by atoms with van der Waals surface area (Å²) >= 11 is 0. The molecule has 1 saturated heterocycles. The highest BCUT2D eigenvalue weighted by molar-refractivity contribution is 8.76. The fourth-order valence-electron chi connectivity index (χ4n) is 1.09. The van der Waals surface area contributed by atoms with Gasteiger partial charge in [-0.15, -0.1) is 0 Å². The molecule has 0 aliphatic carbocycles. The van der Waals surface area contributed by atoms with Gasteiger partial charge in [-0.2, -0.15) is 0 Å². The highest BCUT2D eigenvalue weighted by Gasteiger charge is 2.17. The van der Waals surface area contributed by atoms with Crippen LogP contribution < -0.4 is 0 Å². The molecule has 1 rings (SSSR count). The largest absolute Gasteiger partial charge is 0.328 e. The van der Waals surface area contributed by atoms with Gasteiger partial charge in [-0.25, -0.2) is 4.79 Å². The van der Waals surface area contributed by atoms with Crippen molar-refractivity contribution in [1.29, 1.82) is 0 Å². The van der Waals surface area contributed by atoms with Gasteiger partial charge >= 0.3 is 6.03 Å². The Kier molecular flexibility index (Phi) is 4.80. The lowest BCUT2D eigenvalue weighted by Gasteiger charge is -2.25. The molecule has 5 heteroatoms. The Balaban J connectivity index is 2.43. The molecule has 13 heavy (non-hydrogen) atoms. The van der Waals surface area contributed by atoms with Crippen molar-refractivity contribution in [1.82, 2.24) is 9.80 Å². The number of amides is 2. The van der Waals surface area contributed by atoms with E-state index >= 15 is 0 Å². The molecule has 1 aliphatic heterocycles. The van der Waals surface area contributed by atoms with E-state index in [-0.39, 0.29) is 6.03 Å². The van der Waals surface area contributed by atoms with Crippen LogP contribution in [0.25, 0.3) is 0 Å². The Labute approximate surface area is 87.6 Å². The van der Waals surface area contributed by atoms with Crippen LogP contribution in [0.15, 0.2) is 0 Å². The zero-order valence-electron chi connectivity index (χ0n) is 8.15. The van der Waals surface area contributed by atoms with Gasteiger partial charge in [-0.3, -0.25) is 0 Å². The molecular formula is C8H16N2OS2. The van der Waals surface area contributed by atoms with Gasteiger partial charge < -0.3 is 9.80 Å². The molecule has 0 aromatic rings. The van der Waals surface area contributed by atoms with E-state index in [0.29, 0.717) is 0 Å². The Morgan fingerprint density at radius 1 is 1.38 bits per heavy atom. The van der Waals surface area contributed by atoms with Crippen molar-refractivity contribution in [2.75, 3.05) is 38.2 Å². The van der Waals surface area contributed by atoms with Gasteiger partial charge in [0.05, 0.1) is 0 Å². The van der Waals surface area contributed by atoms with E-state index in [1.54, 1.807) is 4.90 Å². The first-order valence-corrected chi connectivity index (χ1v) is 6.99. The minimum atomic E-state index is 0.172. The third kappa shape index (κ3) is 3.31. The van der Waals surface area contributed by atoms with Crippen LogP contribution in [0.5, 0.6) is 0 Å². The molecule has 0 bridgehead atoms. The maximum Gasteiger partial charge on any atom is 0.319 e. The van der Waals surface area contributed by atoms with Crippen molar-refractivity contribution in [2.45, 2.75) is 6.92 Å². The number of urea groups is 1. The van der Waals surface area contributed by atoms with Crippen LogP contribution in [0, 0.1) is 0 Å². The van der Waals surface area contributed by atoms with Gasteiger partial charge in [0.1, 0.15) is 0 Å². The number of nitrogens with zero attached hydrogens (tertiary/aromatic N) is 2. The number of carbonyl (C=O) groups excluding carboxylic acids is 1. The topological polar surface area (TPSA) is 23.6 Å². The summed E-state index contributed by atoms with van der Waals surface area (Å²) in [5.74, 6) is 2.10. The van der Waals surface area contributed by atoms with E-state index in [1.165, 1.54) is 0 Å². The molecule has 1 aliphatic rings. The smallest absolute Gasteiger partial charge is 0.319 e. The molecule has 1 heterocycles. The SMILES string of the molecule is CCN(C)C(=O)N1CCSSCC1. The van der Waals surface area contributed by atoms with E-state index < -0.39 is 0 Å². The van der Waals surface area contributed by atoms with Crippen LogP contribution in [0.2, 0.25) is 0 Å². The normalized spacial score (nSPS) is 18.2. The Morgan fingerprint density at radius 2 is 1.92 bits per heavy atom. The van der Waals surface area contributed by atoms with Crippen LogP contribution in [-0.2, 0) is 0 Å². The Bertz CT molecular complexity index is 170. The second-order valence-electron chi connectivity index (χ2n) is 2.93. The molecule has 3 nitrogen and oxygen atoms in total. The lowest BCUT2D eigenvalue weighted by Crippen LogP contribution is -2.42. The van der Waals surface area contributed by atoms with E-state index in [1.807, 2.05) is 40.5 Å². The molecule has 0 unspecified atom stereocenters. The number of hydrogen-bond acceptors (Lipinski definition) is 3. The van der Waals surface area contributed by atoms with Gasteiger partial charge in [0, 0.05) is 38.2 Å². The van der Waals surface area contributed by atoms with Gasteiger partial charge in [0.15, 0.2) is 0 Å². The Hall–Kier alpha value is -0.0300. The summed E-state index contributed by atoms with van der Waals surface area (Å²) in [7, 11) is 5.58. The number of rotatable bonds is 1. The van der Waals surface area contributed by atoms with Gasteiger partial charge in [-0.05, 0) is 6.92 Å². The molecule has 0 saturated carbocycles. The van der Waals surface area contributed by atoms with Crippen LogP contribution in [0.3, 0.4) is 0 Å². The van der Waals surface area contributed by atoms with E-state index in [9.17, 15) is 4.79 Å². The monoisotopic (exact) mass is 220 g/mol. The fourth-order valence-corrected chi connectivity index (χ4v) is 3.07. The van der Waals surface area contributed by atoms with Crippen molar-refractivity contribution < 1.29 is 4.79 Å². The summed E-state index contributed by atoms with van der Waals surface area (Å²) in [6, 6.07) is 0.172. The van der Waals surface area contributed by atoms with E-state index in [0.717, 1.165) is 31.1 Å². The summed E-state index contributed by atoms with van der Waals surface area (Å²) in [4.78, 5) is 15.4. The zero-order valence-corrected chi connectivity index (χ0v) is 9.79. The van der Waals surface area contributed by atoms with Crippen molar-refractivity contribution in [3.8, 4) is 0 Å². The van der Waals surface area contributed by atoms with Gasteiger partial charge in [0.2, 0.25) is 0 Å². The molecule has 0 spiro atoms. The predicted molar refractivity (Wildman–Crippen MR) is 60.2 cm³/mol. The van der Waals surface area contributed by atoms with Crippen LogP contribution in [-0.4, -0.2) is 54.0 Å². The molecule has 0 N–H and O–H groups in total. The van der Waals surface area contributed by atoms with Crippen molar-refractivity contribution in [3.05, 3.63) is 0 Å². The maximum atomic E-state index is 11.7. The summed E-state index contributed by atoms with van der Waals surface area (Å²) in [6.07, 6.45) is 0. The van der Waals surface area contributed by atoms with Gasteiger partial charge in [0.25, 0.3) is 0 Å². The maximum absolute atomic E-state index is 11.7. The third-order valence-electron chi connectivity index (χ3n) is 2.04. The average molecular weight is 220 g/mol. The van der Waals surface area contributed by atoms with Crippen molar-refractivity contribution in [3.63, 3.8) is 0 Å². The van der Waals surface area contributed by atoms with Crippen LogP contribution >= 0.6 is 21.6 Å². The van der Waals surface area contributed by atoms with Crippen molar-refractivity contribution >= 4 is 27.6 Å². The fraction of sp³-hybridized carbons (Fsp3) is 0.875. The highest BCUT2D eigenvalue weighted by atomic mass is 33.1. The molecular weight excluding hydrogens is 204 g/mol. The number of carbonyl (C=O) groups is 1. The second-order valence-corrected chi connectivity index (χ2v) is 5.63. The first kappa shape index (κ1) is 11.0. The Morgan fingerprint density at radius 3 is 2.38 bits per heavy atom. The molecule has 0 aromatic heterocycles. The summed E-state index contributed by atoms with van der Waals surface area (Å²) < 4.78 is 0. The summed E-state index contributed by atoms with van der Waals surface area (Å²) in [5.41, 5.74) is 0. The molecule has 76 valence electrons. The third-order valence-corrected chi connectivity index (χ3v) is 4.41. The number of hydrogen-bond donors (Lipinski definition) is 0. The second kappa shape index (κ2) is 5.65. The van der Waals surface area contributed by atoms with Gasteiger partial charge in [-0.1, -0.05) is 21.6 Å². The lowest BCUT2D eigenvalue weighted by atomic mass is 10.5. The average Bonchev–Trinajstić information content (AvgIpc) is 2.43. The molecule has 0 radical (unpaired) electrons.